The summed E-state index contributed by atoms with van der Waals surface area (Å²) in [4.78, 5) is 93.3. The number of carbonyl (C=O) groups is 7. The summed E-state index contributed by atoms with van der Waals surface area (Å²) in [5.41, 5.74) is -3.70. The van der Waals surface area contributed by atoms with Gasteiger partial charge in [0.15, 0.2) is 5.78 Å². The molecular formula is C43H64N4O12. The molecule has 0 aromatic carbocycles. The van der Waals surface area contributed by atoms with Crippen LogP contribution >= 0.6 is 0 Å². The number of alkyl carbamates (subject to hydrolysis) is 1. The molecule has 13 atom stereocenters. The van der Waals surface area contributed by atoms with Gasteiger partial charge in [0.05, 0.1) is 6.10 Å². The first-order chi connectivity index (χ1) is 27.3. The Morgan fingerprint density at radius 3 is 2.27 bits per heavy atom. The maximum Gasteiger partial charge on any atom is 0.408 e. The molecule has 328 valence electrons. The van der Waals surface area contributed by atoms with Crippen LogP contribution in [0.15, 0.2) is 23.8 Å². The number of nitrogens with one attached hydrogen (secondary N) is 3. The van der Waals surface area contributed by atoms with Gasteiger partial charge in [0.25, 0.3) is 6.29 Å². The number of aliphatic hydroxyl groups excluding tert-OH is 2. The second-order valence-electron chi connectivity index (χ2n) is 19.3. The van der Waals surface area contributed by atoms with E-state index in [0.717, 1.165) is 5.57 Å². The van der Waals surface area contributed by atoms with Crippen LogP contribution in [0.4, 0.5) is 4.79 Å². The molecule has 16 heteroatoms. The van der Waals surface area contributed by atoms with E-state index in [1.807, 2.05) is 19.9 Å². The van der Waals surface area contributed by atoms with Crippen LogP contribution in [0.25, 0.3) is 0 Å². The van der Waals surface area contributed by atoms with E-state index in [1.54, 1.807) is 47.6 Å². The predicted octanol–water partition coefficient (Wildman–Crippen LogP) is 2.22. The standard InChI is InChI=1S/C43H64N4O12/c1-21(2)32(46-35(52)29-12-11-17-47(29)36(53)24(5)44-34(51)23(4)45-39(56)59-40(6,7)8)37(54)58-38(55)33(50)43(57)16-14-27-26-18-22(3)28-19-25(48)13-15-41(28,9)31(26)30(49)20-42(27,43)10/h13,15,19,21-24,26-27,29-32,38,49,55,57H,11-12,14,16-18,20H2,1-10H3,(H,44,51)(H,45,56)(H,46,52)/t22-,23-,24-,26?,27?,29-,30-,31?,32-,38?,41-,42-,43-/m0/s1. The van der Waals surface area contributed by atoms with Gasteiger partial charge in [0, 0.05) is 23.3 Å². The highest BCUT2D eigenvalue weighted by atomic mass is 16.6. The lowest BCUT2D eigenvalue weighted by Gasteiger charge is -2.60. The molecule has 3 saturated carbocycles. The van der Waals surface area contributed by atoms with Gasteiger partial charge in [0.2, 0.25) is 23.5 Å². The van der Waals surface area contributed by atoms with E-state index in [-0.39, 0.29) is 55.3 Å². The van der Waals surface area contributed by atoms with E-state index >= 15 is 0 Å². The third-order valence-corrected chi connectivity index (χ3v) is 13.7. The van der Waals surface area contributed by atoms with Gasteiger partial charge in [0.1, 0.15) is 35.4 Å². The van der Waals surface area contributed by atoms with Crippen molar-refractivity contribution >= 4 is 41.4 Å². The van der Waals surface area contributed by atoms with Gasteiger partial charge in [-0.15, -0.1) is 0 Å². The predicted molar refractivity (Wildman–Crippen MR) is 213 cm³/mol. The molecule has 4 fully saturated rings. The fourth-order valence-electron chi connectivity index (χ4n) is 10.8. The van der Waals surface area contributed by atoms with Crippen LogP contribution in [0.2, 0.25) is 0 Å². The summed E-state index contributed by atoms with van der Waals surface area (Å²) >= 11 is 0. The number of Topliss-reactive ketones (excluding diaryl/α,β-unsaturated/α-hetero) is 1. The van der Waals surface area contributed by atoms with Crippen LogP contribution in [-0.4, -0.2) is 116 Å². The molecule has 5 aliphatic rings. The molecule has 0 bridgehead atoms. The second-order valence-corrected chi connectivity index (χ2v) is 19.3. The lowest BCUT2D eigenvalue weighted by Crippen LogP contribution is -2.63. The van der Waals surface area contributed by atoms with Crippen LogP contribution < -0.4 is 16.0 Å². The molecule has 0 spiro atoms. The normalized spacial score (nSPS) is 34.6. The summed E-state index contributed by atoms with van der Waals surface area (Å²) in [6.45, 7) is 17.2. The maximum atomic E-state index is 14.0. The fraction of sp³-hybridized carbons (Fsp3) is 0.744. The molecule has 0 aromatic heterocycles. The van der Waals surface area contributed by atoms with E-state index in [0.29, 0.717) is 19.3 Å². The number of nitrogens with zero attached hydrogens (tertiary/aromatic N) is 1. The highest BCUT2D eigenvalue weighted by molar-refractivity contribution is 6.01. The van der Waals surface area contributed by atoms with E-state index in [1.165, 1.54) is 24.8 Å². The Labute approximate surface area is 346 Å². The number of hydrogen-bond acceptors (Lipinski definition) is 12. The highest BCUT2D eigenvalue weighted by Gasteiger charge is 2.69. The highest BCUT2D eigenvalue weighted by Crippen LogP contribution is 2.68. The Morgan fingerprint density at radius 1 is 0.983 bits per heavy atom. The molecule has 4 aliphatic carbocycles. The fourth-order valence-corrected chi connectivity index (χ4v) is 10.8. The zero-order chi connectivity index (χ0) is 44.2. The number of esters is 1. The summed E-state index contributed by atoms with van der Waals surface area (Å²) in [5, 5.41) is 42.7. The SMILES string of the molecule is CC(C)[C@H](NC(=O)[C@@H]1CCCN1C(=O)[C@H](C)NC(=O)[C@H](C)NC(=O)OC(C)(C)C)C(=O)OC(O)C(=O)[C@@]1(O)CCC2C3C[C@H](C)C4=CC(=O)C=C[C@]4(C)C3[C@@H](O)C[C@@]21C. The second kappa shape index (κ2) is 16.7. The van der Waals surface area contributed by atoms with Crippen LogP contribution in [-0.2, 0) is 38.2 Å². The molecule has 0 radical (unpaired) electrons. The maximum absolute atomic E-state index is 14.0. The van der Waals surface area contributed by atoms with Crippen LogP contribution in [0, 0.1) is 40.4 Å². The number of carbonyl (C=O) groups excluding carboxylic acids is 7. The Hall–Kier alpha value is -4.15. The quantitative estimate of drug-likeness (QED) is 0.130. The third kappa shape index (κ3) is 8.72. The third-order valence-electron chi connectivity index (χ3n) is 13.7. The number of amides is 4. The molecule has 16 nitrogen and oxygen atoms in total. The van der Waals surface area contributed by atoms with E-state index in [2.05, 4.69) is 16.0 Å². The largest absolute Gasteiger partial charge is 0.444 e. The Kier molecular flexibility index (Phi) is 13.0. The smallest absolute Gasteiger partial charge is 0.408 e. The average Bonchev–Trinajstić information content (AvgIpc) is 3.72. The lowest BCUT2D eigenvalue weighted by molar-refractivity contribution is -0.204. The Balaban J connectivity index is 1.22. The van der Waals surface area contributed by atoms with Gasteiger partial charge >= 0.3 is 12.1 Å². The van der Waals surface area contributed by atoms with Crippen molar-refractivity contribution in [2.75, 3.05) is 6.54 Å². The number of ether oxygens (including phenoxy) is 2. The minimum absolute atomic E-state index is 0.0196. The molecule has 4 amide bonds. The van der Waals surface area contributed by atoms with Crippen molar-refractivity contribution in [2.45, 2.75) is 156 Å². The van der Waals surface area contributed by atoms with E-state index in [4.69, 9.17) is 9.47 Å². The lowest BCUT2D eigenvalue weighted by atomic mass is 9.44. The van der Waals surface area contributed by atoms with Crippen molar-refractivity contribution in [3.8, 4) is 0 Å². The number of rotatable bonds is 11. The molecule has 0 aromatic rings. The molecule has 1 saturated heterocycles. The van der Waals surface area contributed by atoms with Gasteiger partial charge in [-0.3, -0.25) is 24.0 Å². The number of fused-ring (bicyclic) bond motifs is 5. The Bertz CT molecular complexity index is 1790. The molecule has 4 unspecified atom stereocenters. The van der Waals surface area contributed by atoms with Gasteiger partial charge in [-0.1, -0.05) is 46.3 Å². The summed E-state index contributed by atoms with van der Waals surface area (Å²) in [6, 6.07) is -4.45. The Morgan fingerprint density at radius 2 is 1.64 bits per heavy atom. The van der Waals surface area contributed by atoms with Gasteiger partial charge in [-0.05, 0) is 109 Å². The topological polar surface area (TPSA) is 238 Å². The molecule has 1 aliphatic heterocycles. The van der Waals surface area contributed by atoms with Crippen molar-refractivity contribution in [3.05, 3.63) is 23.8 Å². The molecular weight excluding hydrogens is 764 g/mol. The minimum Gasteiger partial charge on any atom is -0.444 e. The molecule has 5 rings (SSSR count). The first kappa shape index (κ1) is 45.9. The van der Waals surface area contributed by atoms with Crippen molar-refractivity contribution in [2.24, 2.45) is 40.4 Å². The number of aliphatic hydroxyl groups is 3. The summed E-state index contributed by atoms with van der Waals surface area (Å²) in [7, 11) is 0. The first-order valence-corrected chi connectivity index (χ1v) is 20.9. The van der Waals surface area contributed by atoms with Crippen molar-refractivity contribution in [3.63, 3.8) is 0 Å². The number of likely N-dealkylation sites (tertiary alicyclic amines) is 1. The van der Waals surface area contributed by atoms with Gasteiger partial charge < -0.3 is 45.6 Å². The monoisotopic (exact) mass is 828 g/mol. The number of hydrogen-bond donors (Lipinski definition) is 6. The number of ketones is 2. The average molecular weight is 829 g/mol. The molecule has 59 heavy (non-hydrogen) atoms. The van der Waals surface area contributed by atoms with Gasteiger partial charge in [-0.2, -0.15) is 0 Å². The van der Waals surface area contributed by atoms with Crippen LogP contribution in [0.1, 0.15) is 108 Å². The summed E-state index contributed by atoms with van der Waals surface area (Å²) in [5.74, 6) is -5.33. The zero-order valence-electron chi connectivity index (χ0n) is 36.0. The van der Waals surface area contributed by atoms with Crippen molar-refractivity contribution < 1.29 is 58.4 Å². The van der Waals surface area contributed by atoms with Crippen molar-refractivity contribution in [1.82, 2.24) is 20.9 Å². The van der Waals surface area contributed by atoms with E-state index < -0.39 is 100 Å². The van der Waals surface area contributed by atoms with Gasteiger partial charge in [-0.25, -0.2) is 9.59 Å². The number of allylic oxidation sites excluding steroid dienone is 4. The zero-order valence-corrected chi connectivity index (χ0v) is 36.0. The van der Waals surface area contributed by atoms with Crippen LogP contribution in [0.3, 0.4) is 0 Å². The molecule has 1 heterocycles. The summed E-state index contributed by atoms with van der Waals surface area (Å²) in [6.07, 6.45) is 2.80. The van der Waals surface area contributed by atoms with Crippen LogP contribution in [0.5, 0.6) is 0 Å². The molecule has 6 N–H and O–H groups in total. The first-order valence-electron chi connectivity index (χ1n) is 20.9. The summed E-state index contributed by atoms with van der Waals surface area (Å²) < 4.78 is 10.5. The van der Waals surface area contributed by atoms with E-state index in [9.17, 15) is 48.9 Å². The minimum atomic E-state index is -2.37. The van der Waals surface area contributed by atoms with Crippen molar-refractivity contribution in [1.29, 1.82) is 0 Å².